The fourth-order valence-corrected chi connectivity index (χ4v) is 5.95. The maximum Gasteiger partial charge on any atom is 0.263 e. The molecule has 0 N–H and O–H groups in total. The minimum Gasteiger partial charge on any atom is -0.268 e. The van der Waals surface area contributed by atoms with Crippen molar-refractivity contribution in [1.82, 2.24) is 9.55 Å². The average molecular weight is 403 g/mol. The first-order chi connectivity index (χ1) is 14.2. The molecule has 3 nitrogen and oxygen atoms in total. The van der Waals surface area contributed by atoms with Crippen LogP contribution in [0.5, 0.6) is 0 Å². The fourth-order valence-electron chi connectivity index (χ4n) is 5.22. The lowest BCUT2D eigenvalue weighted by Gasteiger charge is -2.42. The van der Waals surface area contributed by atoms with Crippen molar-refractivity contribution in [3.63, 3.8) is 0 Å². The summed E-state index contributed by atoms with van der Waals surface area (Å²) in [4.78, 5) is 19.3. The molecule has 0 bridgehead atoms. The van der Waals surface area contributed by atoms with E-state index >= 15 is 0 Å². The highest BCUT2D eigenvalue weighted by molar-refractivity contribution is 7.99. The van der Waals surface area contributed by atoms with Gasteiger partial charge in [-0.1, -0.05) is 80.4 Å². The zero-order valence-corrected chi connectivity index (χ0v) is 17.7. The van der Waals surface area contributed by atoms with Crippen LogP contribution in [0.4, 0.5) is 0 Å². The van der Waals surface area contributed by atoms with Crippen LogP contribution < -0.4 is 5.56 Å². The zero-order chi connectivity index (χ0) is 19.8. The van der Waals surface area contributed by atoms with Gasteiger partial charge >= 0.3 is 0 Å². The molecule has 2 aromatic carbocycles. The summed E-state index contributed by atoms with van der Waals surface area (Å²) in [7, 11) is 0. The normalized spacial score (nSPS) is 17.0. The lowest BCUT2D eigenvalue weighted by Crippen LogP contribution is -2.42. The van der Waals surface area contributed by atoms with Crippen molar-refractivity contribution < 1.29 is 0 Å². The lowest BCUT2D eigenvalue weighted by atomic mass is 9.62. The van der Waals surface area contributed by atoms with E-state index in [2.05, 4.69) is 31.2 Å². The van der Waals surface area contributed by atoms with Gasteiger partial charge in [0.2, 0.25) is 0 Å². The molecule has 0 amide bonds. The molecule has 2 aliphatic rings. The van der Waals surface area contributed by atoms with Crippen molar-refractivity contribution in [2.75, 3.05) is 5.75 Å². The Morgan fingerprint density at radius 1 is 1.00 bits per heavy atom. The summed E-state index contributed by atoms with van der Waals surface area (Å²) in [6.45, 7) is 2.11. The molecule has 0 atom stereocenters. The van der Waals surface area contributed by atoms with Gasteiger partial charge in [-0.15, -0.1) is 0 Å². The van der Waals surface area contributed by atoms with Crippen LogP contribution in [0.25, 0.3) is 16.9 Å². The molecule has 4 heteroatoms. The molecule has 148 valence electrons. The van der Waals surface area contributed by atoms with Crippen molar-refractivity contribution in [3.05, 3.63) is 76.1 Å². The molecule has 5 rings (SSSR count). The second kappa shape index (κ2) is 7.49. The number of hydrogen-bond donors (Lipinski definition) is 0. The summed E-state index contributed by atoms with van der Waals surface area (Å²) in [5.41, 5.74) is 5.36. The third kappa shape index (κ3) is 3.05. The SMILES string of the molecule is CCSc1nc2c(c(=O)n1-c1ccccc1)C1(CCCCC1)Cc1ccccc1-2. The molecule has 0 unspecified atom stereocenters. The predicted octanol–water partition coefficient (Wildman–Crippen LogP) is 5.77. The molecule has 0 saturated heterocycles. The molecular weight excluding hydrogens is 376 g/mol. The van der Waals surface area contributed by atoms with Gasteiger partial charge in [0, 0.05) is 11.0 Å². The standard InChI is InChI=1S/C25H26N2OS/c1-2-29-24-26-22-20-14-8-7-11-18(20)17-25(15-9-4-10-16-25)21(22)23(28)27(24)19-12-5-3-6-13-19/h3,5-8,11-14H,2,4,9-10,15-17H2,1H3. The molecule has 3 aromatic rings. The lowest BCUT2D eigenvalue weighted by molar-refractivity contribution is 0.283. The van der Waals surface area contributed by atoms with E-state index in [-0.39, 0.29) is 11.0 Å². The summed E-state index contributed by atoms with van der Waals surface area (Å²) in [6, 6.07) is 18.6. The van der Waals surface area contributed by atoms with E-state index in [1.807, 2.05) is 34.9 Å². The fraction of sp³-hybridized carbons (Fsp3) is 0.360. The molecule has 1 spiro atoms. The number of thioether (sulfide) groups is 1. The van der Waals surface area contributed by atoms with Gasteiger partial charge in [-0.2, -0.15) is 0 Å². The Kier molecular flexibility index (Phi) is 4.83. The molecule has 1 aromatic heterocycles. The van der Waals surface area contributed by atoms with E-state index in [0.717, 1.165) is 52.7 Å². The van der Waals surface area contributed by atoms with Crippen LogP contribution in [0.15, 0.2) is 64.5 Å². The number of benzene rings is 2. The summed E-state index contributed by atoms with van der Waals surface area (Å²) in [5.74, 6) is 0.880. The molecule has 0 radical (unpaired) electrons. The van der Waals surface area contributed by atoms with Crippen molar-refractivity contribution >= 4 is 11.8 Å². The molecular formula is C25H26N2OS. The topological polar surface area (TPSA) is 34.9 Å². The predicted molar refractivity (Wildman–Crippen MR) is 120 cm³/mol. The number of nitrogens with zero attached hydrogens (tertiary/aromatic N) is 2. The number of para-hydroxylation sites is 1. The van der Waals surface area contributed by atoms with Gasteiger partial charge in [0.25, 0.3) is 5.56 Å². The Bertz CT molecular complexity index is 1100. The number of hydrogen-bond acceptors (Lipinski definition) is 3. The van der Waals surface area contributed by atoms with Gasteiger partial charge in [-0.05, 0) is 42.7 Å². The molecule has 0 aliphatic heterocycles. The van der Waals surface area contributed by atoms with E-state index in [1.54, 1.807) is 11.8 Å². The summed E-state index contributed by atoms with van der Waals surface area (Å²) >= 11 is 1.65. The van der Waals surface area contributed by atoms with Crippen LogP contribution in [0.2, 0.25) is 0 Å². The Balaban J connectivity index is 1.85. The minimum absolute atomic E-state index is 0.0715. The van der Waals surface area contributed by atoms with Gasteiger partial charge in [0.05, 0.1) is 16.9 Å². The van der Waals surface area contributed by atoms with Gasteiger partial charge in [0.15, 0.2) is 5.16 Å². The molecule has 2 aliphatic carbocycles. The van der Waals surface area contributed by atoms with Crippen LogP contribution in [0.3, 0.4) is 0 Å². The highest BCUT2D eigenvalue weighted by Gasteiger charge is 2.43. The van der Waals surface area contributed by atoms with Crippen molar-refractivity contribution in [1.29, 1.82) is 0 Å². The van der Waals surface area contributed by atoms with Crippen LogP contribution in [0, 0.1) is 0 Å². The first-order valence-electron chi connectivity index (χ1n) is 10.7. The third-order valence-corrected chi connectivity index (χ3v) is 7.30. The smallest absolute Gasteiger partial charge is 0.263 e. The van der Waals surface area contributed by atoms with E-state index in [0.29, 0.717) is 0 Å². The summed E-state index contributed by atoms with van der Waals surface area (Å²) in [6.07, 6.45) is 6.78. The van der Waals surface area contributed by atoms with Crippen LogP contribution in [0.1, 0.15) is 50.2 Å². The Hall–Kier alpha value is -2.33. The first kappa shape index (κ1) is 18.7. The second-order valence-electron chi connectivity index (χ2n) is 8.20. The van der Waals surface area contributed by atoms with E-state index < -0.39 is 0 Å². The molecule has 1 saturated carbocycles. The van der Waals surface area contributed by atoms with Gasteiger partial charge in [-0.3, -0.25) is 9.36 Å². The van der Waals surface area contributed by atoms with Crippen LogP contribution in [-0.4, -0.2) is 15.3 Å². The minimum atomic E-state index is -0.0715. The van der Waals surface area contributed by atoms with E-state index in [9.17, 15) is 4.79 Å². The molecule has 29 heavy (non-hydrogen) atoms. The summed E-state index contributed by atoms with van der Waals surface area (Å²) < 4.78 is 1.86. The van der Waals surface area contributed by atoms with Crippen LogP contribution in [-0.2, 0) is 11.8 Å². The summed E-state index contributed by atoms with van der Waals surface area (Å²) in [5, 5.41) is 0.796. The Morgan fingerprint density at radius 3 is 2.48 bits per heavy atom. The third-order valence-electron chi connectivity index (χ3n) is 6.48. The molecule has 1 fully saturated rings. The first-order valence-corrected chi connectivity index (χ1v) is 11.7. The number of fused-ring (bicyclic) bond motifs is 4. The average Bonchev–Trinajstić information content (AvgIpc) is 2.75. The Morgan fingerprint density at radius 2 is 1.72 bits per heavy atom. The largest absolute Gasteiger partial charge is 0.268 e. The van der Waals surface area contributed by atoms with Crippen molar-refractivity contribution in [2.45, 2.75) is 56.0 Å². The van der Waals surface area contributed by atoms with Crippen molar-refractivity contribution in [2.24, 2.45) is 0 Å². The zero-order valence-electron chi connectivity index (χ0n) is 16.9. The number of aromatic nitrogens is 2. The maximum absolute atomic E-state index is 14.1. The highest BCUT2D eigenvalue weighted by Crippen LogP contribution is 2.48. The van der Waals surface area contributed by atoms with Crippen LogP contribution >= 0.6 is 11.8 Å². The quantitative estimate of drug-likeness (QED) is 0.412. The van der Waals surface area contributed by atoms with E-state index in [1.165, 1.54) is 24.8 Å². The Labute approximate surface area is 176 Å². The van der Waals surface area contributed by atoms with E-state index in [4.69, 9.17) is 4.98 Å². The van der Waals surface area contributed by atoms with Crippen molar-refractivity contribution in [3.8, 4) is 16.9 Å². The van der Waals surface area contributed by atoms with Gasteiger partial charge in [-0.25, -0.2) is 4.98 Å². The van der Waals surface area contributed by atoms with Gasteiger partial charge < -0.3 is 0 Å². The molecule has 1 heterocycles. The maximum atomic E-state index is 14.1. The second-order valence-corrected chi connectivity index (χ2v) is 9.43. The monoisotopic (exact) mass is 402 g/mol. The number of rotatable bonds is 3. The van der Waals surface area contributed by atoms with Gasteiger partial charge in [0.1, 0.15) is 0 Å². The highest BCUT2D eigenvalue weighted by atomic mass is 32.2.